The van der Waals surface area contributed by atoms with Gasteiger partial charge in [0.25, 0.3) is 0 Å². The summed E-state index contributed by atoms with van der Waals surface area (Å²) in [6.07, 6.45) is 11.2. The van der Waals surface area contributed by atoms with Crippen molar-refractivity contribution in [2.45, 2.75) is 90.6 Å². The highest BCUT2D eigenvalue weighted by molar-refractivity contribution is 7.08. The molecule has 0 N–H and O–H groups in total. The van der Waals surface area contributed by atoms with E-state index in [9.17, 15) is 0 Å². The van der Waals surface area contributed by atoms with Crippen molar-refractivity contribution < 1.29 is 0 Å². The molecule has 2 aliphatic carbocycles. The summed E-state index contributed by atoms with van der Waals surface area (Å²) in [6, 6.07) is 45.8. The Hall–Kier alpha value is -3.51. The predicted molar refractivity (Wildman–Crippen MR) is 233 cm³/mol. The highest BCUT2D eigenvalue weighted by Gasteiger charge is 2.57. The monoisotopic (exact) mass is 720 g/mol. The van der Waals surface area contributed by atoms with Crippen LogP contribution in [-0.4, -0.2) is 24.2 Å². The van der Waals surface area contributed by atoms with Crippen LogP contribution >= 0.6 is 0 Å². The second-order valence-corrected chi connectivity index (χ2v) is 30.3. The van der Waals surface area contributed by atoms with Crippen LogP contribution in [0.25, 0.3) is 0 Å². The van der Waals surface area contributed by atoms with Crippen LogP contribution in [0.5, 0.6) is 0 Å². The van der Waals surface area contributed by atoms with E-state index >= 15 is 0 Å². The van der Waals surface area contributed by atoms with Gasteiger partial charge in [-0.1, -0.05) is 236 Å². The van der Waals surface area contributed by atoms with E-state index < -0.39 is 24.2 Å². The van der Waals surface area contributed by atoms with Crippen molar-refractivity contribution in [2.24, 2.45) is 11.8 Å². The summed E-state index contributed by atoms with van der Waals surface area (Å²) >= 11 is 0. The molecule has 0 spiro atoms. The van der Waals surface area contributed by atoms with Gasteiger partial charge in [0.05, 0.1) is 8.07 Å². The quantitative estimate of drug-likeness (QED) is 0.128. The van der Waals surface area contributed by atoms with Gasteiger partial charge in [-0.15, -0.1) is 0 Å². The average Bonchev–Trinajstić information content (AvgIpc) is 3.80. The number of hydrogen-bond donors (Lipinski definition) is 0. The molecule has 6 rings (SSSR count). The molecular formula is C48H60Si3. The maximum atomic E-state index is 2.86. The molecule has 0 radical (unpaired) electrons. The van der Waals surface area contributed by atoms with E-state index in [1.165, 1.54) is 20.7 Å². The zero-order valence-corrected chi connectivity index (χ0v) is 35.8. The fraction of sp³-hybridized carbons (Fsp3) is 0.333. The largest absolute Gasteiger partial charge is 0.145 e. The van der Waals surface area contributed by atoms with Crippen LogP contribution < -0.4 is 20.7 Å². The third-order valence-electron chi connectivity index (χ3n) is 13.0. The second kappa shape index (κ2) is 14.8. The zero-order valence-electron chi connectivity index (χ0n) is 32.8. The topological polar surface area (TPSA) is 0 Å². The Kier molecular flexibility index (Phi) is 10.8. The number of hydrogen-bond acceptors (Lipinski definition) is 0. The van der Waals surface area contributed by atoms with Crippen molar-refractivity contribution in [1.29, 1.82) is 0 Å². The fourth-order valence-corrected chi connectivity index (χ4v) is 25.3. The molecule has 264 valence electrons. The first-order valence-electron chi connectivity index (χ1n) is 19.5. The molecule has 0 bridgehead atoms. The van der Waals surface area contributed by atoms with Gasteiger partial charge in [0.1, 0.15) is 16.1 Å². The Bertz CT molecular complexity index is 1690. The average molecular weight is 721 g/mol. The van der Waals surface area contributed by atoms with Crippen molar-refractivity contribution in [3.8, 4) is 0 Å². The first kappa shape index (κ1) is 37.3. The van der Waals surface area contributed by atoms with E-state index in [4.69, 9.17) is 0 Å². The molecule has 0 fully saturated rings. The van der Waals surface area contributed by atoms with Gasteiger partial charge >= 0.3 is 0 Å². The lowest BCUT2D eigenvalue weighted by Gasteiger charge is -2.50. The molecule has 2 unspecified atom stereocenters. The van der Waals surface area contributed by atoms with Crippen LogP contribution in [0, 0.1) is 11.8 Å². The normalized spacial score (nSPS) is 18.4. The van der Waals surface area contributed by atoms with Gasteiger partial charge < -0.3 is 0 Å². The Morgan fingerprint density at radius 2 is 0.647 bits per heavy atom. The number of allylic oxidation sites excluding steroid dienone is 8. The van der Waals surface area contributed by atoms with Crippen molar-refractivity contribution in [3.05, 3.63) is 167 Å². The lowest BCUT2D eigenvalue weighted by molar-refractivity contribution is 0.694. The number of benzene rings is 4. The van der Waals surface area contributed by atoms with Crippen molar-refractivity contribution in [2.75, 3.05) is 0 Å². The van der Waals surface area contributed by atoms with Gasteiger partial charge in [-0.25, -0.2) is 0 Å². The zero-order chi connectivity index (χ0) is 36.6. The van der Waals surface area contributed by atoms with E-state index in [1.54, 1.807) is 21.5 Å². The lowest BCUT2D eigenvalue weighted by Crippen LogP contribution is -2.57. The van der Waals surface area contributed by atoms with Crippen LogP contribution in [0.4, 0.5) is 0 Å². The SMILES string of the molecule is CC(C)C1=CC([Si](C)(c2ccccc2)c2ccccc2)=CC1[Si](C(C)C)(C(C)C)C1C=C([Si](C)(c2ccccc2)c2ccccc2)C=C1C(C)C. The van der Waals surface area contributed by atoms with E-state index in [1.807, 2.05) is 0 Å². The van der Waals surface area contributed by atoms with E-state index in [-0.39, 0.29) is 0 Å². The van der Waals surface area contributed by atoms with Crippen LogP contribution in [0.15, 0.2) is 167 Å². The highest BCUT2D eigenvalue weighted by Crippen LogP contribution is 2.61. The standard InChI is InChI=1S/C48H60Si3/c1-35(2)45-31-43(49(9,39-23-15-11-16-24-39)40-25-17-12-18-26-40)33-47(45)51(37(5)6,38(7)8)48-34-44(32-46(48)36(3)4)50(10,41-27-19-13-20-28-41)42-29-21-14-22-30-42/h11-38,47-48H,1-10H3. The molecule has 2 atom stereocenters. The molecule has 4 aromatic rings. The Balaban J connectivity index is 1.61. The van der Waals surface area contributed by atoms with Crippen molar-refractivity contribution in [3.63, 3.8) is 0 Å². The van der Waals surface area contributed by atoms with Crippen LogP contribution in [0.3, 0.4) is 0 Å². The van der Waals surface area contributed by atoms with E-state index in [0.29, 0.717) is 34.0 Å². The molecule has 0 nitrogen and oxygen atoms in total. The first-order valence-corrected chi connectivity index (χ1v) is 26.8. The first-order chi connectivity index (χ1) is 24.4. The molecule has 0 aliphatic heterocycles. The summed E-state index contributed by atoms with van der Waals surface area (Å²) in [4.78, 5) is 0. The molecule has 0 heterocycles. The molecule has 0 saturated heterocycles. The summed E-state index contributed by atoms with van der Waals surface area (Å²) < 4.78 is 0. The smallest absolute Gasteiger partial charge is 0.0799 e. The van der Waals surface area contributed by atoms with Gasteiger partial charge in [0, 0.05) is 0 Å². The van der Waals surface area contributed by atoms with Gasteiger partial charge in [0.2, 0.25) is 0 Å². The molecule has 0 saturated carbocycles. The predicted octanol–water partition coefficient (Wildman–Crippen LogP) is 10.9. The van der Waals surface area contributed by atoms with Crippen molar-refractivity contribution >= 4 is 45.0 Å². The summed E-state index contributed by atoms with van der Waals surface area (Å²) in [5.74, 6) is 0.977. The molecule has 0 amide bonds. The van der Waals surface area contributed by atoms with Gasteiger partial charge in [-0.05, 0) is 54.7 Å². The minimum atomic E-state index is -2.27. The van der Waals surface area contributed by atoms with Gasteiger partial charge in [-0.2, -0.15) is 0 Å². The second-order valence-electron chi connectivity index (χ2n) is 16.8. The minimum Gasteiger partial charge on any atom is -0.0799 e. The Labute approximate surface area is 313 Å². The van der Waals surface area contributed by atoms with Crippen molar-refractivity contribution in [1.82, 2.24) is 0 Å². The number of rotatable bonds is 12. The molecule has 0 aromatic heterocycles. The summed E-state index contributed by atoms with van der Waals surface area (Å²) in [6.45, 7) is 25.4. The van der Waals surface area contributed by atoms with Gasteiger partial charge in [-0.3, -0.25) is 0 Å². The maximum Gasteiger partial charge on any atom is 0.145 e. The van der Waals surface area contributed by atoms with Crippen LogP contribution in [0.1, 0.15) is 55.4 Å². The molecule has 4 aromatic carbocycles. The summed E-state index contributed by atoms with van der Waals surface area (Å²) in [7, 11) is -6.77. The third-order valence-corrected chi connectivity index (χ3v) is 29.1. The van der Waals surface area contributed by atoms with Crippen LogP contribution in [0.2, 0.25) is 35.3 Å². The minimum absolute atomic E-state index is 0.482. The maximum absolute atomic E-state index is 2.86. The van der Waals surface area contributed by atoms with Gasteiger partial charge in [0.15, 0.2) is 0 Å². The molecule has 2 aliphatic rings. The van der Waals surface area contributed by atoms with E-state index in [0.717, 1.165) is 0 Å². The third kappa shape index (κ3) is 6.34. The summed E-state index contributed by atoms with van der Waals surface area (Å²) in [5.41, 5.74) is 5.53. The molecule has 3 heteroatoms. The highest BCUT2D eigenvalue weighted by atomic mass is 28.3. The lowest BCUT2D eigenvalue weighted by atomic mass is 10.0. The van der Waals surface area contributed by atoms with E-state index in [2.05, 4.69) is 214 Å². The Morgan fingerprint density at radius 1 is 0.392 bits per heavy atom. The molecular weight excluding hydrogens is 661 g/mol. The van der Waals surface area contributed by atoms with Crippen LogP contribution in [-0.2, 0) is 0 Å². The summed E-state index contributed by atoms with van der Waals surface area (Å²) in [5, 5.41) is 9.22. The molecule has 51 heavy (non-hydrogen) atoms. The fourth-order valence-electron chi connectivity index (χ4n) is 10.1. The Morgan fingerprint density at radius 3 is 0.863 bits per heavy atom.